The van der Waals surface area contributed by atoms with E-state index < -0.39 is 23.3 Å². The quantitative estimate of drug-likeness (QED) is 0.219. The van der Waals surface area contributed by atoms with Gasteiger partial charge in [0.15, 0.2) is 23.1 Å². The molecular formula is C36H36BrN3O5. The van der Waals surface area contributed by atoms with Gasteiger partial charge in [0.25, 0.3) is 5.88 Å². The molecule has 1 aromatic heterocycles. The van der Waals surface area contributed by atoms with Crippen LogP contribution in [0.4, 0.5) is 5.69 Å². The Bertz CT molecular complexity index is 1900. The van der Waals surface area contributed by atoms with Gasteiger partial charge >= 0.3 is 0 Å². The van der Waals surface area contributed by atoms with Gasteiger partial charge in [0, 0.05) is 41.1 Å². The predicted octanol–water partition coefficient (Wildman–Crippen LogP) is 6.61. The maximum absolute atomic E-state index is 14.8. The molecule has 5 atom stereocenters. The highest BCUT2D eigenvalue weighted by Gasteiger charge is 2.65. The SMILES string of the molecule is Cc1c2c(c(N(C)C)c3ccc(Br)cc13)CC1CC3C(N(C)C)c4onc(OCc5ccccc5)c4C(=O)C3(C)C(=O)C1C2=O. The van der Waals surface area contributed by atoms with Crippen LogP contribution < -0.4 is 9.64 Å². The molecule has 0 spiro atoms. The number of ether oxygens (including phenoxy) is 1. The maximum Gasteiger partial charge on any atom is 0.265 e. The molecule has 45 heavy (non-hydrogen) atoms. The number of benzene rings is 3. The van der Waals surface area contributed by atoms with Gasteiger partial charge in [-0.25, -0.2) is 0 Å². The summed E-state index contributed by atoms with van der Waals surface area (Å²) in [5.41, 5.74) is 3.16. The molecule has 3 aliphatic carbocycles. The van der Waals surface area contributed by atoms with Crippen LogP contribution in [0.3, 0.4) is 0 Å². The highest BCUT2D eigenvalue weighted by molar-refractivity contribution is 9.10. The Morgan fingerprint density at radius 3 is 2.44 bits per heavy atom. The first-order chi connectivity index (χ1) is 21.4. The lowest BCUT2D eigenvalue weighted by atomic mass is 9.49. The molecule has 9 heteroatoms. The number of rotatable bonds is 5. The maximum atomic E-state index is 14.8. The lowest BCUT2D eigenvalue weighted by Gasteiger charge is -2.52. The summed E-state index contributed by atoms with van der Waals surface area (Å²) >= 11 is 3.60. The number of anilines is 1. The molecule has 0 radical (unpaired) electrons. The number of fused-ring (bicyclic) bond motifs is 5. The zero-order chi connectivity index (χ0) is 31.9. The summed E-state index contributed by atoms with van der Waals surface area (Å²) in [6.07, 6.45) is 1.10. The van der Waals surface area contributed by atoms with E-state index in [9.17, 15) is 14.4 Å². The van der Waals surface area contributed by atoms with Crippen LogP contribution in [-0.4, -0.2) is 55.6 Å². The first kappa shape index (κ1) is 29.9. The highest BCUT2D eigenvalue weighted by Crippen LogP contribution is 2.59. The average molecular weight is 671 g/mol. The molecule has 0 amide bonds. The Kier molecular flexibility index (Phi) is 7.05. The monoisotopic (exact) mass is 669 g/mol. The fraction of sp³-hybridized carbons (Fsp3) is 0.389. The minimum atomic E-state index is -1.44. The number of ketones is 3. The first-order valence-corrected chi connectivity index (χ1v) is 16.1. The number of aryl methyl sites for hydroxylation is 1. The fourth-order valence-electron chi connectivity index (χ4n) is 8.37. The minimum absolute atomic E-state index is 0.0872. The van der Waals surface area contributed by atoms with E-state index in [1.54, 1.807) is 6.92 Å². The molecule has 3 aliphatic rings. The molecule has 0 N–H and O–H groups in total. The molecule has 5 unspecified atom stereocenters. The summed E-state index contributed by atoms with van der Waals surface area (Å²) in [6, 6.07) is 15.4. The van der Waals surface area contributed by atoms with Crippen molar-refractivity contribution in [2.75, 3.05) is 33.1 Å². The Labute approximate surface area is 270 Å². The van der Waals surface area contributed by atoms with E-state index in [1.165, 1.54) is 0 Å². The minimum Gasteiger partial charge on any atom is -0.470 e. The van der Waals surface area contributed by atoms with Gasteiger partial charge in [-0.05, 0) is 86.1 Å². The Hall–Kier alpha value is -3.82. The van der Waals surface area contributed by atoms with Gasteiger partial charge < -0.3 is 14.2 Å². The topological polar surface area (TPSA) is 93.0 Å². The third kappa shape index (κ3) is 4.27. The summed E-state index contributed by atoms with van der Waals surface area (Å²) in [6.45, 7) is 3.90. The lowest BCUT2D eigenvalue weighted by molar-refractivity contribution is -0.140. The van der Waals surface area contributed by atoms with E-state index >= 15 is 0 Å². The molecule has 1 saturated carbocycles. The number of aromatic nitrogens is 1. The smallest absolute Gasteiger partial charge is 0.265 e. The average Bonchev–Trinajstić information content (AvgIpc) is 3.42. The van der Waals surface area contributed by atoms with Crippen molar-refractivity contribution in [2.24, 2.45) is 23.2 Å². The predicted molar refractivity (Wildman–Crippen MR) is 175 cm³/mol. The van der Waals surface area contributed by atoms with Crippen LogP contribution >= 0.6 is 15.9 Å². The Morgan fingerprint density at radius 1 is 1.02 bits per heavy atom. The van der Waals surface area contributed by atoms with Crippen LogP contribution in [0.1, 0.15) is 62.6 Å². The number of hydrogen-bond donors (Lipinski definition) is 0. The zero-order valence-electron chi connectivity index (χ0n) is 26.3. The number of carbonyl (C=O) groups excluding carboxylic acids is 3. The van der Waals surface area contributed by atoms with Crippen molar-refractivity contribution in [3.8, 4) is 5.88 Å². The van der Waals surface area contributed by atoms with Gasteiger partial charge in [-0.3, -0.25) is 19.3 Å². The van der Waals surface area contributed by atoms with Crippen LogP contribution in [0.5, 0.6) is 5.88 Å². The molecule has 1 heterocycles. The molecule has 4 aromatic rings. The van der Waals surface area contributed by atoms with Gasteiger partial charge in [0.2, 0.25) is 0 Å². The van der Waals surface area contributed by atoms with Crippen LogP contribution in [-0.2, 0) is 17.8 Å². The second kappa shape index (κ2) is 10.6. The fourth-order valence-corrected chi connectivity index (χ4v) is 8.73. The van der Waals surface area contributed by atoms with Gasteiger partial charge in [-0.1, -0.05) is 52.3 Å². The van der Waals surface area contributed by atoms with E-state index in [-0.39, 0.29) is 41.3 Å². The zero-order valence-corrected chi connectivity index (χ0v) is 27.9. The number of nitrogens with zero attached hydrogens (tertiary/aromatic N) is 3. The van der Waals surface area contributed by atoms with E-state index in [0.717, 1.165) is 37.6 Å². The van der Waals surface area contributed by atoms with E-state index in [4.69, 9.17) is 9.26 Å². The summed E-state index contributed by atoms with van der Waals surface area (Å²) in [4.78, 5) is 48.0. The van der Waals surface area contributed by atoms with E-state index in [2.05, 4.69) is 32.1 Å². The summed E-state index contributed by atoms with van der Waals surface area (Å²) in [7, 11) is 7.84. The standard InChI is InChI=1S/C36H36BrN3O5/c1-18-23-16-21(37)12-13-22(23)29(39(3)4)24-14-20-15-25-30(40(5)6)32-28(35(38-45-32)44-17-19-10-8-7-9-11-19)34(43)36(25,2)33(42)27(20)31(41)26(18)24/h7-13,16,20,25,27,30H,14-15,17H2,1-6H3. The number of Topliss-reactive ketones (excluding diaryl/α,β-unsaturated/α-hetero) is 3. The van der Waals surface area contributed by atoms with Crippen molar-refractivity contribution in [3.63, 3.8) is 0 Å². The molecule has 7 rings (SSSR count). The lowest BCUT2D eigenvalue weighted by Crippen LogP contribution is -2.60. The molecule has 3 aromatic carbocycles. The van der Waals surface area contributed by atoms with Crippen molar-refractivity contribution in [1.29, 1.82) is 0 Å². The number of halogens is 1. The number of hydrogen-bond acceptors (Lipinski definition) is 8. The van der Waals surface area contributed by atoms with Crippen molar-refractivity contribution in [1.82, 2.24) is 10.1 Å². The van der Waals surface area contributed by atoms with Crippen molar-refractivity contribution < 1.29 is 23.6 Å². The summed E-state index contributed by atoms with van der Waals surface area (Å²) in [5.74, 6) is -1.90. The normalized spacial score (nSPS) is 25.6. The molecule has 1 fully saturated rings. The van der Waals surface area contributed by atoms with E-state index in [1.807, 2.05) is 82.5 Å². The van der Waals surface area contributed by atoms with Gasteiger partial charge in [0.05, 0.1) is 17.4 Å². The largest absolute Gasteiger partial charge is 0.470 e. The third-order valence-corrected chi connectivity index (χ3v) is 10.9. The molecule has 232 valence electrons. The number of carbonyl (C=O) groups is 3. The molecular weight excluding hydrogens is 634 g/mol. The van der Waals surface area contributed by atoms with E-state index in [0.29, 0.717) is 24.2 Å². The van der Waals surface area contributed by atoms with Crippen molar-refractivity contribution in [2.45, 2.75) is 39.3 Å². The molecule has 8 nitrogen and oxygen atoms in total. The second-order valence-corrected chi connectivity index (χ2v) is 14.3. The Balaban J connectivity index is 1.34. The highest BCUT2D eigenvalue weighted by atomic mass is 79.9. The molecule has 0 aliphatic heterocycles. The summed E-state index contributed by atoms with van der Waals surface area (Å²) in [5, 5.41) is 6.25. The van der Waals surface area contributed by atoms with Crippen LogP contribution in [0.2, 0.25) is 0 Å². The second-order valence-electron chi connectivity index (χ2n) is 13.4. The van der Waals surface area contributed by atoms with Crippen LogP contribution in [0, 0.1) is 30.1 Å². The molecule has 0 saturated heterocycles. The Morgan fingerprint density at radius 2 is 1.76 bits per heavy atom. The van der Waals surface area contributed by atoms with Crippen LogP contribution in [0.25, 0.3) is 10.8 Å². The first-order valence-electron chi connectivity index (χ1n) is 15.3. The van der Waals surface area contributed by atoms with Gasteiger partial charge in [-0.2, -0.15) is 0 Å². The third-order valence-electron chi connectivity index (χ3n) is 10.4. The van der Waals surface area contributed by atoms with Crippen LogP contribution in [0.15, 0.2) is 57.5 Å². The summed E-state index contributed by atoms with van der Waals surface area (Å²) < 4.78 is 12.8. The van der Waals surface area contributed by atoms with Crippen molar-refractivity contribution in [3.05, 3.63) is 86.6 Å². The van der Waals surface area contributed by atoms with Gasteiger partial charge in [-0.15, -0.1) is 0 Å². The van der Waals surface area contributed by atoms with Gasteiger partial charge in [0.1, 0.15) is 12.2 Å². The van der Waals surface area contributed by atoms with Crippen molar-refractivity contribution >= 4 is 49.7 Å². The molecule has 0 bridgehead atoms.